The summed E-state index contributed by atoms with van der Waals surface area (Å²) in [5.41, 5.74) is 14.5. The monoisotopic (exact) mass is 1430 g/mol. The van der Waals surface area contributed by atoms with Gasteiger partial charge in [-0.3, -0.25) is 33.6 Å². The normalized spacial score (nSPS) is 9.99. The van der Waals surface area contributed by atoms with Gasteiger partial charge in [-0.15, -0.1) is 6.42 Å². The Morgan fingerprint density at radius 1 is 0.429 bits per heavy atom. The summed E-state index contributed by atoms with van der Waals surface area (Å²) in [5.74, 6) is 8.25. The molecule has 10 aromatic rings. The largest absolute Gasteiger partial charge is 0.465 e. The van der Waals surface area contributed by atoms with Crippen LogP contribution in [0.2, 0.25) is 0 Å². The molecule has 0 spiro atoms. The predicted molar refractivity (Wildman–Crippen MR) is 384 cm³/mol. The number of anilines is 4. The van der Waals surface area contributed by atoms with E-state index >= 15 is 0 Å². The molecule has 0 aliphatic heterocycles. The molecule has 504 valence electrons. The third-order valence-electron chi connectivity index (χ3n) is 12.9. The van der Waals surface area contributed by atoms with E-state index in [4.69, 9.17) is 31.1 Å². The highest BCUT2D eigenvalue weighted by atomic mass is 127. The molecule has 0 unspecified atom stereocenters. The van der Waals surface area contributed by atoms with Gasteiger partial charge in [0.15, 0.2) is 0 Å². The molecule has 0 bridgehead atoms. The minimum atomic E-state index is -0.441. The highest BCUT2D eigenvalue weighted by Crippen LogP contribution is 2.32. The van der Waals surface area contributed by atoms with Gasteiger partial charge in [-0.2, -0.15) is 20.4 Å². The van der Waals surface area contributed by atoms with Crippen LogP contribution < -0.4 is 21.7 Å². The van der Waals surface area contributed by atoms with Crippen LogP contribution in [0.3, 0.4) is 0 Å². The summed E-state index contributed by atoms with van der Waals surface area (Å²) in [6.07, 6.45) is 5.10. The van der Waals surface area contributed by atoms with Gasteiger partial charge in [0.2, 0.25) is 17.7 Å². The number of nitrogen functional groups attached to an aromatic ring is 1. The first-order chi connectivity index (χ1) is 47.3. The number of hydrogen-bond acceptors (Lipinski definition) is 16. The molecule has 0 radical (unpaired) electrons. The van der Waals surface area contributed by atoms with E-state index in [9.17, 15) is 33.6 Å². The Hall–Kier alpha value is -11.9. The number of terminal acetylenes is 1. The van der Waals surface area contributed by atoms with E-state index in [1.807, 2.05) is 182 Å². The van der Waals surface area contributed by atoms with Crippen LogP contribution in [0.1, 0.15) is 65.2 Å². The van der Waals surface area contributed by atoms with Crippen molar-refractivity contribution in [3.8, 4) is 69.2 Å². The number of nitrogens with one attached hydrogen (secondary N) is 3. The zero-order chi connectivity index (χ0) is 70.8. The van der Waals surface area contributed by atoms with Gasteiger partial charge in [-0.1, -0.05) is 175 Å². The van der Waals surface area contributed by atoms with Crippen LogP contribution in [-0.4, -0.2) is 107 Å². The Bertz CT molecular complexity index is 4350. The molecule has 3 amide bonds. The number of rotatable bonds is 19. The molecule has 98 heavy (non-hydrogen) atoms. The average molecular weight is 1440 g/mol. The van der Waals surface area contributed by atoms with Crippen LogP contribution >= 0.6 is 22.6 Å². The number of esters is 4. The Morgan fingerprint density at radius 3 is 1.19 bits per heavy atom. The van der Waals surface area contributed by atoms with E-state index < -0.39 is 17.9 Å². The first-order valence-corrected chi connectivity index (χ1v) is 32.0. The van der Waals surface area contributed by atoms with Crippen LogP contribution in [0.15, 0.2) is 194 Å². The van der Waals surface area contributed by atoms with E-state index in [0.717, 1.165) is 42.6 Å². The van der Waals surface area contributed by atoms with Crippen LogP contribution in [0.4, 0.5) is 23.3 Å². The summed E-state index contributed by atoms with van der Waals surface area (Å²) >= 11 is 2.12. The molecule has 0 aliphatic carbocycles. The van der Waals surface area contributed by atoms with Crippen LogP contribution in [0.25, 0.3) is 45.0 Å². The molecule has 24 heteroatoms. The number of aromatic nitrogens is 8. The molecule has 4 heterocycles. The lowest BCUT2D eigenvalue weighted by Crippen LogP contribution is -2.18. The highest BCUT2D eigenvalue weighted by molar-refractivity contribution is 14.1. The average Bonchev–Trinajstić information content (AvgIpc) is 1.66. The lowest BCUT2D eigenvalue weighted by molar-refractivity contribution is -0.144. The van der Waals surface area contributed by atoms with Crippen molar-refractivity contribution in [2.45, 2.75) is 74.6 Å². The molecule has 0 saturated carbocycles. The zero-order valence-corrected chi connectivity index (χ0v) is 57.4. The van der Waals surface area contributed by atoms with Crippen molar-refractivity contribution in [3.63, 3.8) is 0 Å². The zero-order valence-electron chi connectivity index (χ0n) is 55.2. The SMILES string of the molecule is C#Cc1ccccc1.CCOC(=O)Cn1nc(-c2ccccc2)c(C#Cc2ccccc2)c1NC(C)=O.CCOC(=O)Cn1nc(-c2ccccc2)c(I)c1NC(C)=O.CCOC(=O)Cn1nc(-c2ccccc2)cc1N.CCOC(=O)Cn1nc(-c2ccccc2)cc1NC(C)=O. The van der Waals surface area contributed by atoms with Gasteiger partial charge in [-0.25, -0.2) is 18.7 Å². The van der Waals surface area contributed by atoms with Gasteiger partial charge in [0.1, 0.15) is 60.8 Å². The second-order valence-electron chi connectivity index (χ2n) is 20.4. The number of nitrogens with zero attached hydrogens (tertiary/aromatic N) is 8. The molecule has 0 atom stereocenters. The molecular weight excluding hydrogens is 1360 g/mol. The fourth-order valence-corrected chi connectivity index (χ4v) is 9.62. The molecule has 4 aromatic heterocycles. The molecule has 6 aromatic carbocycles. The lowest BCUT2D eigenvalue weighted by atomic mass is 10.1. The maximum absolute atomic E-state index is 12.1. The molecule has 0 fully saturated rings. The smallest absolute Gasteiger partial charge is 0.327 e. The third kappa shape index (κ3) is 24.1. The number of nitrogens with two attached hydrogens (primary N) is 1. The van der Waals surface area contributed by atoms with Gasteiger partial charge in [0.05, 0.1) is 46.9 Å². The number of carbonyl (C=O) groups excluding carboxylic acids is 7. The molecule has 5 N–H and O–H groups in total. The number of ether oxygens (including phenoxy) is 4. The van der Waals surface area contributed by atoms with E-state index in [-0.39, 0.29) is 56.5 Å². The molecule has 23 nitrogen and oxygen atoms in total. The summed E-state index contributed by atoms with van der Waals surface area (Å²) in [5, 5.41) is 25.8. The third-order valence-corrected chi connectivity index (χ3v) is 14.0. The second kappa shape index (κ2) is 39.7. The number of halogens is 1. The van der Waals surface area contributed by atoms with E-state index in [1.54, 1.807) is 39.8 Å². The van der Waals surface area contributed by atoms with E-state index in [0.29, 0.717) is 65.7 Å². The standard InChI is InChI=1S/C23H21N3O3.C15H16IN3O3.C15H17N3O3.C13H15N3O2.C8H6/c1-3-29-21(28)16-26-23(24-17(2)27)20(15-14-18-10-6-4-7-11-18)22(25-26)19-12-8-5-9-13-19;1-3-22-12(21)9-19-15(17-10(2)20)13(16)14(18-19)11-7-5-4-6-8-11;1-3-21-15(20)10-18-14(16-11(2)19)9-13(17-18)12-7-5-4-6-8-12;1-2-18-13(17)9-16-12(14)8-11(15-16)10-6-4-3-5-7-10;1-2-8-6-4-3-5-7-8/h4-13H,3,16H2,1-2H3,(H,24,27);4-8H,3,9H2,1-2H3,(H,17,20);4-9H,3,10H2,1-2H3,(H,16,19);3-8H,2,9,14H2,1H3;1,3-7H. The van der Waals surface area contributed by atoms with Crippen LogP contribution in [-0.2, 0) is 78.7 Å². The van der Waals surface area contributed by atoms with Crippen molar-refractivity contribution in [1.82, 2.24) is 39.1 Å². The summed E-state index contributed by atoms with van der Waals surface area (Å²) in [4.78, 5) is 81.2. The van der Waals surface area contributed by atoms with Crippen molar-refractivity contribution in [2.75, 3.05) is 48.1 Å². The molecular formula is C74H75IN12O11. The van der Waals surface area contributed by atoms with E-state index in [2.05, 4.69) is 76.7 Å². The lowest BCUT2D eigenvalue weighted by Gasteiger charge is -2.07. The molecule has 0 saturated heterocycles. The summed E-state index contributed by atoms with van der Waals surface area (Å²) in [6.45, 7) is 12.3. The fraction of sp³-hybridized carbons (Fsp3) is 0.203. The van der Waals surface area contributed by atoms with Gasteiger partial charge < -0.3 is 40.6 Å². The second-order valence-corrected chi connectivity index (χ2v) is 21.5. The minimum Gasteiger partial charge on any atom is -0.465 e. The molecule has 0 aliphatic rings. The maximum atomic E-state index is 12.1. The first kappa shape index (κ1) is 75.1. The van der Waals surface area contributed by atoms with Gasteiger partial charge in [0.25, 0.3) is 0 Å². The van der Waals surface area contributed by atoms with Gasteiger partial charge >= 0.3 is 23.9 Å². The van der Waals surface area contributed by atoms with Crippen molar-refractivity contribution in [1.29, 1.82) is 0 Å². The first-order valence-electron chi connectivity index (χ1n) is 30.9. The topological polar surface area (TPSA) is 290 Å². The summed E-state index contributed by atoms with van der Waals surface area (Å²) < 4.78 is 26.3. The highest BCUT2D eigenvalue weighted by Gasteiger charge is 2.23. The van der Waals surface area contributed by atoms with E-state index in [1.165, 1.54) is 39.5 Å². The molecule has 10 rings (SSSR count). The number of hydrogen-bond donors (Lipinski definition) is 4. The van der Waals surface area contributed by atoms with Crippen molar-refractivity contribution >= 4 is 87.5 Å². The number of benzene rings is 6. The van der Waals surface area contributed by atoms with Crippen molar-refractivity contribution in [2.24, 2.45) is 0 Å². The quantitative estimate of drug-likeness (QED) is 0.0253. The van der Waals surface area contributed by atoms with Crippen LogP contribution in [0.5, 0.6) is 0 Å². The van der Waals surface area contributed by atoms with Gasteiger partial charge in [0, 0.05) is 66.3 Å². The maximum Gasteiger partial charge on any atom is 0.327 e. The van der Waals surface area contributed by atoms with Crippen molar-refractivity contribution < 1.29 is 52.5 Å². The Labute approximate surface area is 582 Å². The Balaban J connectivity index is 0.000000201. The van der Waals surface area contributed by atoms with Gasteiger partial charge in [-0.05, 0) is 74.6 Å². The number of carbonyl (C=O) groups is 7. The minimum absolute atomic E-state index is 0.0342. The summed E-state index contributed by atoms with van der Waals surface area (Å²) in [7, 11) is 0. The van der Waals surface area contributed by atoms with Crippen LogP contribution in [0, 0.1) is 27.8 Å². The Morgan fingerprint density at radius 2 is 0.776 bits per heavy atom. The number of amides is 3. The van der Waals surface area contributed by atoms with Crippen molar-refractivity contribution in [3.05, 3.63) is 214 Å². The Kier molecular flexibility index (Phi) is 30.5. The fourth-order valence-electron chi connectivity index (χ4n) is 8.79. The summed E-state index contributed by atoms with van der Waals surface area (Å²) in [6, 6.07) is 60.9. The predicted octanol–water partition coefficient (Wildman–Crippen LogP) is 11.6.